The molecule has 0 aliphatic heterocycles. The molecule has 0 saturated heterocycles. The van der Waals surface area contributed by atoms with E-state index in [1.165, 1.54) is 18.3 Å². The molecule has 2 aromatic heterocycles. The number of hydrogen-bond acceptors (Lipinski definition) is 6. The van der Waals surface area contributed by atoms with Gasteiger partial charge in [0.25, 0.3) is 11.6 Å². The van der Waals surface area contributed by atoms with E-state index in [2.05, 4.69) is 15.4 Å². The summed E-state index contributed by atoms with van der Waals surface area (Å²) in [7, 11) is 0. The molecule has 0 aliphatic rings. The number of nitro benzene ring substituents is 1. The van der Waals surface area contributed by atoms with Gasteiger partial charge >= 0.3 is 0 Å². The molecule has 0 bridgehead atoms. The highest BCUT2D eigenvalue weighted by atomic mass is 16.6. The van der Waals surface area contributed by atoms with Crippen molar-refractivity contribution in [2.24, 2.45) is 0 Å². The maximum absolute atomic E-state index is 12.3. The summed E-state index contributed by atoms with van der Waals surface area (Å²) < 4.78 is 1.70. The normalized spacial score (nSPS) is 10.5. The molecule has 1 aromatic carbocycles. The number of carbonyl (C=O) groups excluding carboxylic acids is 1. The zero-order valence-electron chi connectivity index (χ0n) is 14.1. The first-order valence-corrected chi connectivity index (χ1v) is 7.70. The Bertz CT molecular complexity index is 994. The van der Waals surface area contributed by atoms with Crippen LogP contribution in [0.5, 0.6) is 0 Å². The van der Waals surface area contributed by atoms with Crippen LogP contribution in [0.1, 0.15) is 21.7 Å². The predicted octanol–water partition coefficient (Wildman–Crippen LogP) is 2.63. The summed E-state index contributed by atoms with van der Waals surface area (Å²) in [6.45, 7) is 3.81. The van der Waals surface area contributed by atoms with E-state index < -0.39 is 10.8 Å². The monoisotopic (exact) mass is 352 g/mol. The van der Waals surface area contributed by atoms with Crippen molar-refractivity contribution in [2.45, 2.75) is 13.8 Å². The van der Waals surface area contributed by atoms with E-state index in [9.17, 15) is 14.9 Å². The molecule has 0 fully saturated rings. The molecule has 3 rings (SSSR count). The Morgan fingerprint density at radius 2 is 2.00 bits per heavy atom. The summed E-state index contributed by atoms with van der Waals surface area (Å²) in [5, 5.41) is 17.9. The van der Waals surface area contributed by atoms with Crippen LogP contribution < -0.4 is 11.1 Å². The molecule has 2 heterocycles. The van der Waals surface area contributed by atoms with Crippen LogP contribution in [0.25, 0.3) is 5.82 Å². The quantitative estimate of drug-likeness (QED) is 0.422. The smallest absolute Gasteiger partial charge is 0.292 e. The van der Waals surface area contributed by atoms with Crippen molar-refractivity contribution < 1.29 is 9.72 Å². The van der Waals surface area contributed by atoms with E-state index in [4.69, 9.17) is 5.73 Å². The van der Waals surface area contributed by atoms with Crippen LogP contribution in [0.4, 0.5) is 17.1 Å². The van der Waals surface area contributed by atoms with Gasteiger partial charge in [-0.15, -0.1) is 0 Å². The van der Waals surface area contributed by atoms with Gasteiger partial charge in [0.1, 0.15) is 5.69 Å². The van der Waals surface area contributed by atoms with Gasteiger partial charge < -0.3 is 11.1 Å². The molecule has 0 spiro atoms. The summed E-state index contributed by atoms with van der Waals surface area (Å²) >= 11 is 0. The van der Waals surface area contributed by atoms with Gasteiger partial charge in [0, 0.05) is 17.3 Å². The summed E-state index contributed by atoms with van der Waals surface area (Å²) in [4.78, 5) is 26.9. The fourth-order valence-electron chi connectivity index (χ4n) is 2.49. The Morgan fingerprint density at radius 1 is 1.23 bits per heavy atom. The summed E-state index contributed by atoms with van der Waals surface area (Å²) in [5.74, 6) is 0.130. The maximum Gasteiger partial charge on any atom is 0.292 e. The van der Waals surface area contributed by atoms with Crippen molar-refractivity contribution in [2.75, 3.05) is 11.1 Å². The number of pyridine rings is 1. The van der Waals surface area contributed by atoms with Gasteiger partial charge in [-0.25, -0.2) is 9.67 Å². The topological polar surface area (TPSA) is 129 Å². The Morgan fingerprint density at radius 3 is 2.58 bits per heavy atom. The summed E-state index contributed by atoms with van der Waals surface area (Å²) in [5.41, 5.74) is 7.65. The molecular formula is C17H16N6O3. The van der Waals surface area contributed by atoms with E-state index in [0.29, 0.717) is 11.5 Å². The number of carbonyl (C=O) groups is 1. The lowest BCUT2D eigenvalue weighted by Gasteiger charge is -2.07. The molecule has 3 aromatic rings. The van der Waals surface area contributed by atoms with Crippen molar-refractivity contribution in [3.63, 3.8) is 0 Å². The minimum Gasteiger partial charge on any atom is -0.393 e. The maximum atomic E-state index is 12.3. The highest BCUT2D eigenvalue weighted by Crippen LogP contribution is 2.23. The Hall–Kier alpha value is -3.75. The Kier molecular flexibility index (Phi) is 4.36. The predicted molar refractivity (Wildman–Crippen MR) is 96.3 cm³/mol. The third-order valence-electron chi connectivity index (χ3n) is 3.72. The van der Waals surface area contributed by atoms with E-state index in [1.807, 2.05) is 19.9 Å². The van der Waals surface area contributed by atoms with Gasteiger partial charge in [-0.2, -0.15) is 5.10 Å². The van der Waals surface area contributed by atoms with Crippen LogP contribution in [0.15, 0.2) is 42.6 Å². The molecule has 0 radical (unpaired) electrons. The number of nitrogens with zero attached hydrogens (tertiary/aromatic N) is 4. The van der Waals surface area contributed by atoms with E-state index in [-0.39, 0.29) is 16.9 Å². The molecule has 132 valence electrons. The number of amides is 1. The highest BCUT2D eigenvalue weighted by Gasteiger charge is 2.16. The van der Waals surface area contributed by atoms with Crippen LogP contribution >= 0.6 is 0 Å². The van der Waals surface area contributed by atoms with Crippen LogP contribution in [0.2, 0.25) is 0 Å². The van der Waals surface area contributed by atoms with Crippen molar-refractivity contribution in [1.29, 1.82) is 0 Å². The lowest BCUT2D eigenvalue weighted by atomic mass is 10.1. The second kappa shape index (κ2) is 6.63. The molecule has 0 atom stereocenters. The standard InChI is InChI=1S/C17H16N6O3/c1-10-7-11(2)22(21-10)16-6-4-13(9-19-16)20-17(24)12-3-5-14(18)15(8-12)23(25)26/h3-9H,18H2,1-2H3,(H,20,24). The first-order valence-electron chi connectivity index (χ1n) is 7.70. The number of hydrogen-bond donors (Lipinski definition) is 2. The number of benzene rings is 1. The Balaban J connectivity index is 1.79. The van der Waals surface area contributed by atoms with Gasteiger partial charge in [-0.1, -0.05) is 0 Å². The van der Waals surface area contributed by atoms with Crippen molar-refractivity contribution in [3.8, 4) is 5.82 Å². The van der Waals surface area contributed by atoms with E-state index in [0.717, 1.165) is 17.5 Å². The summed E-state index contributed by atoms with van der Waals surface area (Å²) in [6, 6.07) is 9.24. The number of anilines is 2. The molecule has 9 nitrogen and oxygen atoms in total. The lowest BCUT2D eigenvalue weighted by Crippen LogP contribution is -2.13. The third kappa shape index (κ3) is 3.36. The highest BCUT2D eigenvalue weighted by molar-refractivity contribution is 6.05. The molecule has 0 unspecified atom stereocenters. The number of aryl methyl sites for hydroxylation is 2. The molecule has 1 amide bonds. The van der Waals surface area contributed by atoms with Crippen molar-refractivity contribution in [3.05, 3.63) is 69.7 Å². The molecule has 0 saturated carbocycles. The third-order valence-corrected chi connectivity index (χ3v) is 3.72. The molecular weight excluding hydrogens is 336 g/mol. The minimum absolute atomic E-state index is 0.00227. The van der Waals surface area contributed by atoms with Gasteiger partial charge in [-0.3, -0.25) is 14.9 Å². The molecule has 26 heavy (non-hydrogen) atoms. The molecule has 3 N–H and O–H groups in total. The lowest BCUT2D eigenvalue weighted by molar-refractivity contribution is -0.383. The van der Waals surface area contributed by atoms with Crippen LogP contribution in [-0.2, 0) is 0 Å². The van der Waals surface area contributed by atoms with Gasteiger partial charge in [-0.05, 0) is 44.2 Å². The number of rotatable bonds is 4. The average Bonchev–Trinajstić information content (AvgIpc) is 2.94. The first kappa shape index (κ1) is 17.1. The first-order chi connectivity index (χ1) is 12.3. The fourth-order valence-corrected chi connectivity index (χ4v) is 2.49. The average molecular weight is 352 g/mol. The van der Waals surface area contributed by atoms with Crippen molar-refractivity contribution >= 4 is 23.0 Å². The van der Waals surface area contributed by atoms with Crippen LogP contribution in [0, 0.1) is 24.0 Å². The number of nitrogen functional groups attached to an aromatic ring is 1. The number of nitrogens with two attached hydrogens (primary N) is 1. The van der Waals surface area contributed by atoms with Gasteiger partial charge in [0.05, 0.1) is 22.5 Å². The van der Waals surface area contributed by atoms with Crippen LogP contribution in [0.3, 0.4) is 0 Å². The molecule has 0 aliphatic carbocycles. The molecule has 9 heteroatoms. The number of aromatic nitrogens is 3. The van der Waals surface area contributed by atoms with Crippen LogP contribution in [-0.4, -0.2) is 25.6 Å². The van der Waals surface area contributed by atoms with Gasteiger partial charge in [0.15, 0.2) is 5.82 Å². The second-order valence-electron chi connectivity index (χ2n) is 5.73. The zero-order chi connectivity index (χ0) is 18.8. The van der Waals surface area contributed by atoms with Crippen molar-refractivity contribution in [1.82, 2.24) is 14.8 Å². The van der Waals surface area contributed by atoms with Gasteiger partial charge in [0.2, 0.25) is 0 Å². The van der Waals surface area contributed by atoms with E-state index >= 15 is 0 Å². The zero-order valence-corrected chi connectivity index (χ0v) is 14.1. The minimum atomic E-state index is -0.628. The Labute approximate surface area is 148 Å². The van der Waals surface area contributed by atoms with E-state index in [1.54, 1.807) is 16.8 Å². The summed E-state index contributed by atoms with van der Waals surface area (Å²) in [6.07, 6.45) is 1.50. The fraction of sp³-hybridized carbons (Fsp3) is 0.118. The largest absolute Gasteiger partial charge is 0.393 e. The second-order valence-corrected chi connectivity index (χ2v) is 5.73. The SMILES string of the molecule is Cc1cc(C)n(-c2ccc(NC(=O)c3ccc(N)c([N+](=O)[O-])c3)cn2)n1. The number of nitrogens with one attached hydrogen (secondary N) is 1. The number of nitro groups is 1.